The summed E-state index contributed by atoms with van der Waals surface area (Å²) in [6.07, 6.45) is -6.88. The fraction of sp³-hybridized carbons (Fsp3) is 0.470. The molecule has 7 unspecified atom stereocenters. The average molecular weight is 1780 g/mol. The number of nitrogens with two attached hydrogens (primary N) is 1. The smallest absolute Gasteiger partial charge is 0.416 e. The lowest BCUT2D eigenvalue weighted by molar-refractivity contribution is -0.154. The number of halogens is 11. The lowest BCUT2D eigenvalue weighted by atomic mass is 9.79. The van der Waals surface area contributed by atoms with Gasteiger partial charge in [0.1, 0.15) is 0 Å². The van der Waals surface area contributed by atoms with Crippen LogP contribution in [0.15, 0.2) is 109 Å². The van der Waals surface area contributed by atoms with Gasteiger partial charge in [0.05, 0.1) is 70.8 Å². The topological polar surface area (TPSA) is 226 Å². The number of nitrogens with one attached hydrogen (secondary N) is 1. The predicted octanol–water partition coefficient (Wildman–Crippen LogP) is 18.6. The molecule has 3 saturated carbocycles. The third-order valence-corrected chi connectivity index (χ3v) is 23.4. The van der Waals surface area contributed by atoms with Crippen molar-refractivity contribution in [1.29, 1.82) is 0 Å². The minimum absolute atomic E-state index is 0. The zero-order valence-electron chi connectivity index (χ0n) is 63.3. The van der Waals surface area contributed by atoms with E-state index in [2.05, 4.69) is 50.5 Å². The molecule has 6 aromatic carbocycles. The number of benzene rings is 6. The maximum Gasteiger partial charge on any atom is 0.416 e. The van der Waals surface area contributed by atoms with Crippen LogP contribution in [0.3, 0.4) is 0 Å². The van der Waals surface area contributed by atoms with Crippen molar-refractivity contribution in [2.75, 3.05) is 79.9 Å². The van der Waals surface area contributed by atoms with E-state index in [4.69, 9.17) is 15.2 Å². The molecule has 4 N–H and O–H groups in total. The molecule has 0 spiro atoms. The number of aliphatic carboxylic acids is 1. The lowest BCUT2D eigenvalue weighted by Gasteiger charge is -2.28. The third-order valence-electron chi connectivity index (χ3n) is 21.9. The molecular formula is C83H97F9I2N6O11. The number of esters is 2. The van der Waals surface area contributed by atoms with Crippen LogP contribution >= 0.6 is 45.2 Å². The summed E-state index contributed by atoms with van der Waals surface area (Å²) in [6, 6.07) is 27.8. The number of nitrogen functional groups attached to an aromatic ring is 1. The Morgan fingerprint density at radius 1 is 0.505 bits per heavy atom. The molecule has 602 valence electrons. The van der Waals surface area contributed by atoms with Crippen LogP contribution in [0, 0.1) is 102 Å². The highest BCUT2D eigenvalue weighted by molar-refractivity contribution is 14.1. The van der Waals surface area contributed by atoms with E-state index in [1.165, 1.54) is 40.5 Å². The number of hydrogen-bond acceptors (Lipinski definition) is 11. The molecule has 7 fully saturated rings. The number of fused-ring (bicyclic) bond motifs is 3. The lowest BCUT2D eigenvalue weighted by Crippen LogP contribution is -2.40. The summed E-state index contributed by atoms with van der Waals surface area (Å²) < 4.78 is 128. The van der Waals surface area contributed by atoms with Crippen molar-refractivity contribution in [3.8, 4) is 0 Å². The van der Waals surface area contributed by atoms with Crippen LogP contribution in [0.25, 0.3) is 0 Å². The summed E-state index contributed by atoms with van der Waals surface area (Å²) in [5, 5.41) is 11.9. The zero-order chi connectivity index (χ0) is 81.5. The van der Waals surface area contributed by atoms with Crippen molar-refractivity contribution in [3.05, 3.63) is 176 Å². The molecule has 7 aliphatic rings. The SMILES string of the molecule is C.COC(=O)C12CCCC1C(=O)N(c1c(C)cccc1C)C2.COC(=O)C1CC(=O)N(c2c(C)cccc2C)C1.Cc1cc(N)cc(C(F)(F)F)c1.Cc1cccc(C)c1N1CC2(C(=O)Nc3cc(C(F)(F)F)cc(C(F)(F)F)c3)CCCC2C1=O.Cc1cccc(C)c1N1CC2(C(=O)O)CCCC2C1=O.ICCCI. The minimum Gasteiger partial charge on any atom is -0.481 e. The number of anilines is 6. The quantitative estimate of drug-likeness (QED) is 0.0362. The monoisotopic (exact) mass is 1780 g/mol. The molecule has 17 nitrogen and oxygen atoms in total. The first-order valence-corrected chi connectivity index (χ1v) is 39.2. The second-order valence-corrected chi connectivity index (χ2v) is 31.5. The first-order chi connectivity index (χ1) is 51.6. The van der Waals surface area contributed by atoms with Gasteiger partial charge in [-0.2, -0.15) is 39.5 Å². The molecule has 0 bridgehead atoms. The van der Waals surface area contributed by atoms with Gasteiger partial charge < -0.3 is 45.2 Å². The molecule has 13 rings (SSSR count). The highest BCUT2D eigenvalue weighted by Crippen LogP contribution is 2.55. The number of aryl methyl sites for hydroxylation is 9. The van der Waals surface area contributed by atoms with E-state index in [0.717, 1.165) is 99.4 Å². The standard InChI is InChI=1S/C24H22F6N2O2.C17H21NO3.C16H19NO3.C14H17NO3.C8H8F3N.C3H6I2.CH4/c1-13-5-3-6-14(2)19(13)32-12-22(8-4-7-18(22)20(32)33)21(34)31-17-10-15(23(25,26)27)9-16(11-17)24(28,29)30;1-11-6-4-7-12(2)14(11)18-10-17(16(20)21-3)9-5-8-13(17)15(18)19;1-10-5-3-6-11(2)13(10)17-9-16(15(19)20)8-4-7-12(16)14(17)18;1-9-5-4-6-10(2)13(9)15-8-11(7-12(15)16)14(17)18-3;1-5-2-6(8(9,10)11)4-7(12)3-5;4-2-1-3-5;/h3,5-6,9-11,18H,4,7-8,12H2,1-2H3,(H,31,34);4,6-7,13H,5,8-10H2,1-3H3;3,5-6,12H,4,7-9H2,1-2H3,(H,19,20);4-6,11H,7-8H2,1-3H3;2-4H,12H2,1H3;1-3H2;1H4. The fourth-order valence-electron chi connectivity index (χ4n) is 16.7. The van der Waals surface area contributed by atoms with Gasteiger partial charge in [-0.1, -0.05) is 145 Å². The summed E-state index contributed by atoms with van der Waals surface area (Å²) in [6.45, 7) is 18.3. The first-order valence-electron chi connectivity index (χ1n) is 36.1. The van der Waals surface area contributed by atoms with Gasteiger partial charge in [0.2, 0.25) is 29.5 Å². The van der Waals surface area contributed by atoms with Crippen molar-refractivity contribution in [1.82, 2.24) is 0 Å². The largest absolute Gasteiger partial charge is 0.481 e. The van der Waals surface area contributed by atoms with Gasteiger partial charge in [-0.25, -0.2) is 0 Å². The molecule has 3 aliphatic carbocycles. The van der Waals surface area contributed by atoms with E-state index in [1.54, 1.807) is 16.7 Å². The fourth-order valence-corrected chi connectivity index (χ4v) is 19.0. The molecule has 0 radical (unpaired) electrons. The molecule has 4 aliphatic heterocycles. The van der Waals surface area contributed by atoms with Gasteiger partial charge in [0.25, 0.3) is 0 Å². The van der Waals surface area contributed by atoms with Crippen LogP contribution in [0.4, 0.5) is 73.6 Å². The Bertz CT molecular complexity index is 4320. The number of hydrogen-bond donors (Lipinski definition) is 3. The van der Waals surface area contributed by atoms with Crippen molar-refractivity contribution in [2.24, 2.45) is 39.9 Å². The van der Waals surface area contributed by atoms with Crippen molar-refractivity contribution >= 4 is 127 Å². The summed E-state index contributed by atoms with van der Waals surface area (Å²) >= 11 is 4.77. The second-order valence-electron chi connectivity index (χ2n) is 29.4. The van der Waals surface area contributed by atoms with Gasteiger partial charge in [-0.3, -0.25) is 38.4 Å². The average Bonchev–Trinajstić information content (AvgIpc) is 1.59. The Morgan fingerprint density at radius 3 is 1.19 bits per heavy atom. The summed E-state index contributed by atoms with van der Waals surface area (Å²) in [7, 11) is 2.77. The van der Waals surface area contributed by atoms with Gasteiger partial charge >= 0.3 is 36.4 Å². The Morgan fingerprint density at radius 2 is 0.847 bits per heavy atom. The number of rotatable bonds is 11. The summed E-state index contributed by atoms with van der Waals surface area (Å²) in [4.78, 5) is 106. The Hall–Kier alpha value is -8.29. The van der Waals surface area contributed by atoms with Crippen LogP contribution in [-0.2, 0) is 66.4 Å². The van der Waals surface area contributed by atoms with Gasteiger partial charge in [0, 0.05) is 75.6 Å². The molecular weight excluding hydrogens is 1680 g/mol. The van der Waals surface area contributed by atoms with E-state index >= 15 is 0 Å². The van der Waals surface area contributed by atoms with Crippen LogP contribution in [-0.4, -0.2) is 102 Å². The Kier molecular flexibility index (Phi) is 29.7. The van der Waals surface area contributed by atoms with E-state index in [-0.39, 0.29) is 85.5 Å². The van der Waals surface area contributed by atoms with Crippen LogP contribution in [0.5, 0.6) is 0 Å². The Balaban J connectivity index is 0.000000196. The number of methoxy groups -OCH3 is 2. The summed E-state index contributed by atoms with van der Waals surface area (Å²) in [5.74, 6) is -3.91. The maximum atomic E-state index is 13.4. The second kappa shape index (κ2) is 36.7. The highest BCUT2D eigenvalue weighted by Gasteiger charge is 2.63. The number of para-hydroxylation sites is 4. The predicted molar refractivity (Wildman–Crippen MR) is 427 cm³/mol. The minimum atomic E-state index is -5.03. The highest BCUT2D eigenvalue weighted by atomic mass is 127. The normalized spacial score (nSPS) is 22.2. The van der Waals surface area contributed by atoms with Gasteiger partial charge in [-0.05, 0) is 194 Å². The van der Waals surface area contributed by atoms with Crippen LogP contribution in [0.2, 0.25) is 0 Å². The van der Waals surface area contributed by atoms with E-state index in [0.29, 0.717) is 75.1 Å². The number of amides is 5. The first kappa shape index (κ1) is 89.9. The molecule has 5 amide bonds. The number of carbonyl (C=O) groups excluding carboxylic acids is 7. The zero-order valence-corrected chi connectivity index (χ0v) is 67.6. The number of carbonyl (C=O) groups is 8. The molecule has 4 heterocycles. The van der Waals surface area contributed by atoms with E-state index in [1.807, 2.05) is 133 Å². The van der Waals surface area contributed by atoms with Crippen molar-refractivity contribution < 1.29 is 92.5 Å². The van der Waals surface area contributed by atoms with E-state index in [9.17, 15) is 83.0 Å². The molecule has 28 heteroatoms. The number of nitrogens with zero attached hydrogens (tertiary/aromatic N) is 4. The van der Waals surface area contributed by atoms with Gasteiger partial charge in [0.15, 0.2) is 0 Å². The molecule has 6 aromatic rings. The van der Waals surface area contributed by atoms with Gasteiger partial charge in [-0.15, -0.1) is 0 Å². The maximum absolute atomic E-state index is 13.4. The number of carboxylic acid groups (broad SMARTS) is 1. The third kappa shape index (κ3) is 19.5. The van der Waals surface area contributed by atoms with Crippen LogP contribution in [0.1, 0.15) is 145 Å². The molecule has 4 saturated heterocycles. The molecule has 111 heavy (non-hydrogen) atoms. The Labute approximate surface area is 669 Å². The van der Waals surface area contributed by atoms with E-state index < -0.39 is 74.9 Å². The number of alkyl halides is 11. The number of ether oxygens (including phenoxy) is 2. The van der Waals surface area contributed by atoms with Crippen LogP contribution < -0.4 is 30.7 Å². The summed E-state index contributed by atoms with van der Waals surface area (Å²) in [5.41, 5.74) is 10.2. The molecule has 7 atom stereocenters. The van der Waals surface area contributed by atoms with Crippen molar-refractivity contribution in [2.45, 2.75) is 159 Å². The molecule has 0 aromatic heterocycles. The number of carboxylic acids is 1. The van der Waals surface area contributed by atoms with Crippen molar-refractivity contribution in [3.63, 3.8) is 0 Å².